The lowest BCUT2D eigenvalue weighted by molar-refractivity contribution is 0.0730. The Morgan fingerprint density at radius 2 is 2.04 bits per heavy atom. The first-order chi connectivity index (χ1) is 12.0. The number of halogens is 1. The van der Waals surface area contributed by atoms with E-state index >= 15 is 0 Å². The molecule has 0 spiro atoms. The fourth-order valence-electron chi connectivity index (χ4n) is 2.79. The van der Waals surface area contributed by atoms with Gasteiger partial charge in [-0.15, -0.1) is 12.4 Å². The van der Waals surface area contributed by atoms with E-state index in [0.717, 1.165) is 13.1 Å². The lowest BCUT2D eigenvalue weighted by atomic mass is 10.0. The van der Waals surface area contributed by atoms with Crippen molar-refractivity contribution >= 4 is 28.3 Å². The average molecular weight is 406 g/mol. The van der Waals surface area contributed by atoms with E-state index in [1.54, 1.807) is 0 Å². The van der Waals surface area contributed by atoms with Crippen LogP contribution in [0, 0.1) is 5.92 Å². The molecule has 1 amide bonds. The number of carbonyl (C=O) groups is 1. The predicted octanol–water partition coefficient (Wildman–Crippen LogP) is 0.0871. The molecule has 8 nitrogen and oxygen atoms in total. The molecule has 0 unspecified atom stereocenters. The maximum absolute atomic E-state index is 12.8. The number of nitrogens with one attached hydrogen (secondary N) is 2. The summed E-state index contributed by atoms with van der Waals surface area (Å²) in [6.45, 7) is 3.67. The number of rotatable bonds is 6. The Labute approximate surface area is 159 Å². The minimum Gasteiger partial charge on any atom is -0.496 e. The van der Waals surface area contributed by atoms with E-state index in [2.05, 4.69) is 10.6 Å². The van der Waals surface area contributed by atoms with E-state index in [1.807, 2.05) is 0 Å². The van der Waals surface area contributed by atoms with Crippen molar-refractivity contribution < 1.29 is 22.7 Å². The van der Waals surface area contributed by atoms with Gasteiger partial charge in [0.2, 0.25) is 10.0 Å². The molecule has 2 N–H and O–H groups in total. The van der Waals surface area contributed by atoms with E-state index < -0.39 is 10.0 Å². The molecule has 10 heteroatoms. The second kappa shape index (κ2) is 9.01. The summed E-state index contributed by atoms with van der Waals surface area (Å²) < 4.78 is 37.4. The molecule has 1 aromatic carbocycles. The first-order valence-corrected chi connectivity index (χ1v) is 9.71. The number of nitrogens with zero attached hydrogens (tertiary/aromatic N) is 1. The van der Waals surface area contributed by atoms with Gasteiger partial charge in [0, 0.05) is 38.6 Å². The molecule has 0 aromatic heterocycles. The topological polar surface area (TPSA) is 97.0 Å². The van der Waals surface area contributed by atoms with E-state index in [4.69, 9.17) is 9.47 Å². The minimum atomic E-state index is -3.66. The number of sulfonamides is 1. The van der Waals surface area contributed by atoms with Crippen LogP contribution < -0.4 is 15.4 Å². The fraction of sp³-hybridized carbons (Fsp3) is 0.562. The molecule has 3 rings (SSSR count). The van der Waals surface area contributed by atoms with Crippen molar-refractivity contribution in [2.24, 2.45) is 5.92 Å². The van der Waals surface area contributed by atoms with Crippen molar-refractivity contribution in [1.29, 1.82) is 0 Å². The summed E-state index contributed by atoms with van der Waals surface area (Å²) in [6, 6.07) is 4.38. The van der Waals surface area contributed by atoms with Gasteiger partial charge in [0.05, 0.1) is 30.8 Å². The largest absolute Gasteiger partial charge is 0.496 e. The van der Waals surface area contributed by atoms with Gasteiger partial charge >= 0.3 is 0 Å². The molecular formula is C16H24ClN3O5S. The number of hydrogen-bond acceptors (Lipinski definition) is 6. The molecule has 0 saturated carbocycles. The van der Waals surface area contributed by atoms with Crippen molar-refractivity contribution in [3.8, 4) is 5.75 Å². The van der Waals surface area contributed by atoms with Gasteiger partial charge in [-0.25, -0.2) is 8.42 Å². The third-order valence-corrected chi connectivity index (χ3v) is 6.34. The number of methoxy groups -OCH3 is 1. The molecule has 0 radical (unpaired) electrons. The molecule has 0 aliphatic carbocycles. The Morgan fingerprint density at radius 3 is 2.62 bits per heavy atom. The molecule has 2 fully saturated rings. The molecule has 0 bridgehead atoms. The SMILES string of the molecule is COc1ccc(S(=O)(=O)N2CCOCC2)cc1C(=O)NCC1CNC1.Cl. The van der Waals surface area contributed by atoms with Crippen LogP contribution in [0.2, 0.25) is 0 Å². The van der Waals surface area contributed by atoms with Gasteiger partial charge in [0.15, 0.2) is 0 Å². The van der Waals surface area contributed by atoms with Crippen molar-refractivity contribution in [1.82, 2.24) is 14.9 Å². The number of hydrogen-bond donors (Lipinski definition) is 2. The van der Waals surface area contributed by atoms with Crippen LogP contribution in [0.5, 0.6) is 5.75 Å². The zero-order valence-electron chi connectivity index (χ0n) is 14.6. The summed E-state index contributed by atoms with van der Waals surface area (Å²) in [5.74, 6) is 0.433. The van der Waals surface area contributed by atoms with Gasteiger partial charge in [-0.3, -0.25) is 4.79 Å². The van der Waals surface area contributed by atoms with Gasteiger partial charge in [-0.05, 0) is 18.2 Å². The third kappa shape index (κ3) is 4.47. The highest BCUT2D eigenvalue weighted by molar-refractivity contribution is 7.89. The second-order valence-electron chi connectivity index (χ2n) is 6.11. The monoisotopic (exact) mass is 405 g/mol. The number of ether oxygens (including phenoxy) is 2. The maximum atomic E-state index is 12.8. The molecule has 0 atom stereocenters. The molecular weight excluding hydrogens is 382 g/mol. The van der Waals surface area contributed by atoms with Crippen molar-refractivity contribution in [2.45, 2.75) is 4.90 Å². The van der Waals surface area contributed by atoms with E-state index in [9.17, 15) is 13.2 Å². The summed E-state index contributed by atoms with van der Waals surface area (Å²) in [5.41, 5.74) is 0.226. The Hall–Kier alpha value is -1.39. The highest BCUT2D eigenvalue weighted by Gasteiger charge is 2.28. The maximum Gasteiger partial charge on any atom is 0.255 e. The normalized spacial score (nSPS) is 18.5. The number of morpholine rings is 1. The van der Waals surface area contributed by atoms with Crippen LogP contribution in [0.1, 0.15) is 10.4 Å². The van der Waals surface area contributed by atoms with E-state index in [1.165, 1.54) is 29.6 Å². The Kier molecular flexibility index (Phi) is 7.24. The van der Waals surface area contributed by atoms with E-state index in [-0.39, 0.29) is 28.8 Å². The summed E-state index contributed by atoms with van der Waals surface area (Å²) >= 11 is 0. The Balaban J connectivity index is 0.00000243. The number of amides is 1. The van der Waals surface area contributed by atoms with Gasteiger partial charge in [0.25, 0.3) is 5.91 Å². The lowest BCUT2D eigenvalue weighted by Gasteiger charge is -2.27. The van der Waals surface area contributed by atoms with Crippen molar-refractivity contribution in [3.05, 3.63) is 23.8 Å². The Bertz CT molecular complexity index is 733. The predicted molar refractivity (Wildman–Crippen MR) is 98.5 cm³/mol. The van der Waals surface area contributed by atoms with Gasteiger partial charge in [-0.1, -0.05) is 0 Å². The highest BCUT2D eigenvalue weighted by Crippen LogP contribution is 2.25. The molecule has 26 heavy (non-hydrogen) atoms. The van der Waals surface area contributed by atoms with Crippen molar-refractivity contribution in [3.63, 3.8) is 0 Å². The van der Waals surface area contributed by atoms with Crippen LogP contribution in [0.15, 0.2) is 23.1 Å². The third-order valence-electron chi connectivity index (χ3n) is 4.44. The zero-order chi connectivity index (χ0) is 17.9. The highest BCUT2D eigenvalue weighted by atomic mass is 35.5. The van der Waals surface area contributed by atoms with Crippen LogP contribution in [-0.2, 0) is 14.8 Å². The quantitative estimate of drug-likeness (QED) is 0.696. The smallest absolute Gasteiger partial charge is 0.255 e. The average Bonchev–Trinajstić information content (AvgIpc) is 2.60. The van der Waals surface area contributed by atoms with E-state index in [0.29, 0.717) is 44.5 Å². The molecule has 146 valence electrons. The van der Waals surface area contributed by atoms with Gasteiger partial charge < -0.3 is 20.1 Å². The summed E-state index contributed by atoms with van der Waals surface area (Å²) in [5, 5.41) is 5.99. The molecule has 2 heterocycles. The second-order valence-corrected chi connectivity index (χ2v) is 8.05. The van der Waals surface area contributed by atoms with Crippen LogP contribution in [0.4, 0.5) is 0 Å². The minimum absolute atomic E-state index is 0. The summed E-state index contributed by atoms with van der Waals surface area (Å²) in [7, 11) is -2.20. The van der Waals surface area contributed by atoms with Crippen LogP contribution in [-0.4, -0.2) is 71.7 Å². The first kappa shape index (κ1) is 20.9. The van der Waals surface area contributed by atoms with Crippen LogP contribution in [0.3, 0.4) is 0 Å². The molecule has 2 aliphatic rings. The molecule has 2 aliphatic heterocycles. The molecule has 2 saturated heterocycles. The summed E-state index contributed by atoms with van der Waals surface area (Å²) in [6.07, 6.45) is 0. The number of benzene rings is 1. The summed E-state index contributed by atoms with van der Waals surface area (Å²) in [4.78, 5) is 12.6. The molecule has 1 aromatic rings. The Morgan fingerprint density at radius 1 is 1.35 bits per heavy atom. The van der Waals surface area contributed by atoms with Gasteiger partial charge in [0.1, 0.15) is 5.75 Å². The van der Waals surface area contributed by atoms with Crippen molar-refractivity contribution in [2.75, 3.05) is 53.0 Å². The van der Waals surface area contributed by atoms with Crippen LogP contribution in [0.25, 0.3) is 0 Å². The first-order valence-electron chi connectivity index (χ1n) is 8.27. The standard InChI is InChI=1S/C16H23N3O5S.ClH/c1-23-15-3-2-13(25(21,22)19-4-6-24-7-5-19)8-14(15)16(20)18-11-12-9-17-10-12;/h2-3,8,12,17H,4-7,9-11H2,1H3,(H,18,20);1H. The fourth-order valence-corrected chi connectivity index (χ4v) is 4.22. The van der Waals surface area contributed by atoms with Gasteiger partial charge in [-0.2, -0.15) is 4.31 Å². The number of carbonyl (C=O) groups excluding carboxylic acids is 1. The van der Waals surface area contributed by atoms with Crippen LogP contribution >= 0.6 is 12.4 Å². The zero-order valence-corrected chi connectivity index (χ0v) is 16.2. The lowest BCUT2D eigenvalue weighted by Crippen LogP contribution is -2.48.